The van der Waals surface area contributed by atoms with Gasteiger partial charge in [0.25, 0.3) is 5.56 Å². The van der Waals surface area contributed by atoms with Gasteiger partial charge in [-0.1, -0.05) is 29.8 Å². The highest BCUT2D eigenvalue weighted by molar-refractivity contribution is 7.87. The molecular formula is C19H14N4O4S. The van der Waals surface area contributed by atoms with E-state index in [2.05, 4.69) is 15.2 Å². The summed E-state index contributed by atoms with van der Waals surface area (Å²) < 4.78 is 31.1. The molecule has 2 heterocycles. The molecule has 0 bridgehead atoms. The van der Waals surface area contributed by atoms with Crippen LogP contribution in [0, 0.1) is 18.3 Å². The van der Waals surface area contributed by atoms with Crippen LogP contribution in [0.5, 0.6) is 5.75 Å². The van der Waals surface area contributed by atoms with Crippen molar-refractivity contribution in [2.24, 2.45) is 0 Å². The summed E-state index contributed by atoms with van der Waals surface area (Å²) >= 11 is 0. The van der Waals surface area contributed by atoms with E-state index in [1.807, 2.05) is 13.0 Å². The topological polar surface area (TPSA) is 132 Å². The van der Waals surface area contributed by atoms with Crippen LogP contribution in [-0.2, 0) is 10.1 Å². The fourth-order valence-corrected chi connectivity index (χ4v) is 3.85. The van der Waals surface area contributed by atoms with Gasteiger partial charge < -0.3 is 9.17 Å². The quantitative estimate of drug-likeness (QED) is 0.458. The highest BCUT2D eigenvalue weighted by Gasteiger charge is 2.25. The Morgan fingerprint density at radius 1 is 1.00 bits per heavy atom. The number of aromatic amines is 3. The molecule has 0 amide bonds. The maximum absolute atomic E-state index is 12.8. The van der Waals surface area contributed by atoms with Crippen LogP contribution in [0.3, 0.4) is 0 Å². The van der Waals surface area contributed by atoms with E-state index in [4.69, 9.17) is 4.18 Å². The Morgan fingerprint density at radius 2 is 1.71 bits per heavy atom. The number of nitrogens with zero attached hydrogens (tertiary/aromatic N) is 1. The van der Waals surface area contributed by atoms with E-state index in [9.17, 15) is 18.5 Å². The smallest absolute Gasteiger partial charge is 0.339 e. The molecule has 0 unspecified atom stereocenters. The van der Waals surface area contributed by atoms with Gasteiger partial charge in [-0.05, 0) is 31.2 Å². The van der Waals surface area contributed by atoms with Gasteiger partial charge in [0.15, 0.2) is 5.75 Å². The zero-order valence-corrected chi connectivity index (χ0v) is 15.4. The van der Waals surface area contributed by atoms with Crippen molar-refractivity contribution in [3.8, 4) is 23.2 Å². The third kappa shape index (κ3) is 2.86. The number of aromatic nitrogens is 3. The van der Waals surface area contributed by atoms with Crippen molar-refractivity contribution in [2.75, 3.05) is 0 Å². The number of aryl methyl sites for hydroxylation is 1. The van der Waals surface area contributed by atoms with Crippen LogP contribution in [0.4, 0.5) is 0 Å². The second kappa shape index (κ2) is 6.44. The average Bonchev–Trinajstić information content (AvgIpc) is 3.22. The lowest BCUT2D eigenvalue weighted by Crippen LogP contribution is -2.10. The number of hydrogen-bond acceptors (Lipinski definition) is 5. The SMILES string of the molecule is Cc1ccc(S(=O)(=O)Oc2c(-c3[nH][nH]c(=O)c3C#N)[nH]c3ccccc23)cc1. The number of fused-ring (bicyclic) bond motifs is 1. The summed E-state index contributed by atoms with van der Waals surface area (Å²) in [6.45, 7) is 1.85. The molecule has 0 aliphatic heterocycles. The van der Waals surface area contributed by atoms with Crippen molar-refractivity contribution >= 4 is 21.0 Å². The molecule has 8 nitrogen and oxygen atoms in total. The van der Waals surface area contributed by atoms with E-state index in [-0.39, 0.29) is 27.6 Å². The van der Waals surface area contributed by atoms with E-state index in [0.717, 1.165) is 5.56 Å². The zero-order valence-electron chi connectivity index (χ0n) is 14.6. The molecular weight excluding hydrogens is 380 g/mol. The van der Waals surface area contributed by atoms with Gasteiger partial charge in [-0.2, -0.15) is 13.7 Å². The van der Waals surface area contributed by atoms with Gasteiger partial charge in [-0.25, -0.2) is 0 Å². The number of rotatable bonds is 4. The minimum Gasteiger partial charge on any atom is -0.376 e. The van der Waals surface area contributed by atoms with Crippen molar-refractivity contribution in [1.29, 1.82) is 5.26 Å². The normalized spacial score (nSPS) is 11.4. The minimum absolute atomic E-state index is 0.00241. The first-order chi connectivity index (χ1) is 13.4. The lowest BCUT2D eigenvalue weighted by atomic mass is 10.2. The van der Waals surface area contributed by atoms with Crippen LogP contribution in [-0.4, -0.2) is 23.6 Å². The Hall–Kier alpha value is -3.77. The van der Waals surface area contributed by atoms with Crippen LogP contribution < -0.4 is 9.74 Å². The van der Waals surface area contributed by atoms with Crippen LogP contribution >= 0.6 is 0 Å². The first-order valence-electron chi connectivity index (χ1n) is 8.23. The number of nitrogens with one attached hydrogen (secondary N) is 3. The van der Waals surface area contributed by atoms with Crippen LogP contribution in [0.15, 0.2) is 58.2 Å². The number of nitriles is 1. The fourth-order valence-electron chi connectivity index (χ4n) is 2.89. The molecule has 28 heavy (non-hydrogen) atoms. The van der Waals surface area contributed by atoms with Gasteiger partial charge >= 0.3 is 10.1 Å². The molecule has 0 fully saturated rings. The first-order valence-corrected chi connectivity index (χ1v) is 9.64. The van der Waals surface area contributed by atoms with E-state index in [1.54, 1.807) is 36.4 Å². The van der Waals surface area contributed by atoms with Crippen LogP contribution in [0.2, 0.25) is 0 Å². The Bertz CT molecular complexity index is 1390. The molecule has 0 aliphatic carbocycles. The molecule has 3 N–H and O–H groups in total. The molecule has 0 spiro atoms. The molecule has 2 aromatic heterocycles. The summed E-state index contributed by atoms with van der Waals surface area (Å²) in [5.74, 6) is 0.00271. The van der Waals surface area contributed by atoms with Gasteiger partial charge in [0.2, 0.25) is 0 Å². The zero-order chi connectivity index (χ0) is 19.9. The van der Waals surface area contributed by atoms with E-state index in [0.29, 0.717) is 10.9 Å². The Kier molecular flexibility index (Phi) is 4.05. The lowest BCUT2D eigenvalue weighted by molar-refractivity contribution is 0.489. The molecule has 0 aliphatic rings. The maximum atomic E-state index is 12.8. The molecule has 4 aromatic rings. The second-order valence-electron chi connectivity index (χ2n) is 6.17. The Balaban J connectivity index is 1.92. The predicted molar refractivity (Wildman–Crippen MR) is 102 cm³/mol. The Morgan fingerprint density at radius 3 is 2.43 bits per heavy atom. The fraction of sp³-hybridized carbons (Fsp3) is 0.0526. The van der Waals surface area contributed by atoms with E-state index in [1.165, 1.54) is 12.1 Å². The molecule has 0 saturated carbocycles. The van der Waals surface area contributed by atoms with Gasteiger partial charge in [0.05, 0.1) is 0 Å². The highest BCUT2D eigenvalue weighted by atomic mass is 32.2. The van der Waals surface area contributed by atoms with Crippen molar-refractivity contribution in [1.82, 2.24) is 15.2 Å². The molecule has 2 aromatic carbocycles. The van der Waals surface area contributed by atoms with Crippen LogP contribution in [0.25, 0.3) is 22.3 Å². The van der Waals surface area contributed by atoms with Crippen molar-refractivity contribution in [3.63, 3.8) is 0 Å². The summed E-state index contributed by atoms with van der Waals surface area (Å²) in [4.78, 5) is 14.8. The van der Waals surface area contributed by atoms with Crippen molar-refractivity contribution < 1.29 is 12.6 Å². The average molecular weight is 394 g/mol. The first kappa shape index (κ1) is 17.6. The summed E-state index contributed by atoms with van der Waals surface area (Å²) in [6.07, 6.45) is 0. The van der Waals surface area contributed by atoms with E-state index >= 15 is 0 Å². The summed E-state index contributed by atoms with van der Waals surface area (Å²) in [7, 11) is -4.14. The standard InChI is InChI=1S/C19H14N4O4S/c1-11-6-8-12(9-7-11)28(25,26)27-18-13-4-2-3-5-15(13)21-17(18)16-14(10-20)19(24)23-22-16/h2-9,21H,1H3,(H2,22,23,24). The minimum atomic E-state index is -4.14. The summed E-state index contributed by atoms with van der Waals surface area (Å²) in [5, 5.41) is 14.7. The summed E-state index contributed by atoms with van der Waals surface area (Å²) in [5.41, 5.74) is 1.03. The number of H-pyrrole nitrogens is 3. The van der Waals surface area contributed by atoms with Gasteiger partial charge in [0, 0.05) is 10.9 Å². The third-order valence-corrected chi connectivity index (χ3v) is 5.54. The number of para-hydroxylation sites is 1. The molecule has 4 rings (SSSR count). The molecule has 9 heteroatoms. The largest absolute Gasteiger partial charge is 0.376 e. The highest BCUT2D eigenvalue weighted by Crippen LogP contribution is 2.38. The lowest BCUT2D eigenvalue weighted by Gasteiger charge is -2.08. The number of benzene rings is 2. The third-order valence-electron chi connectivity index (χ3n) is 4.30. The molecule has 0 saturated heterocycles. The van der Waals surface area contributed by atoms with Gasteiger partial charge in [-0.3, -0.25) is 15.0 Å². The molecule has 140 valence electrons. The molecule has 0 atom stereocenters. The van der Waals surface area contributed by atoms with E-state index < -0.39 is 15.7 Å². The van der Waals surface area contributed by atoms with Crippen LogP contribution in [0.1, 0.15) is 11.1 Å². The van der Waals surface area contributed by atoms with Crippen molar-refractivity contribution in [3.05, 3.63) is 70.0 Å². The second-order valence-corrected chi connectivity index (χ2v) is 7.71. The number of hydrogen-bond donors (Lipinski definition) is 3. The van der Waals surface area contributed by atoms with Crippen molar-refractivity contribution in [2.45, 2.75) is 11.8 Å². The maximum Gasteiger partial charge on any atom is 0.339 e. The summed E-state index contributed by atoms with van der Waals surface area (Å²) in [6, 6.07) is 15.0. The predicted octanol–water partition coefficient (Wildman–Crippen LogP) is 2.80. The Labute approximate surface area is 159 Å². The van der Waals surface area contributed by atoms with Gasteiger partial charge in [0.1, 0.15) is 27.9 Å². The van der Waals surface area contributed by atoms with Gasteiger partial charge in [-0.15, -0.1) is 0 Å². The monoisotopic (exact) mass is 394 g/mol. The molecule has 0 radical (unpaired) electrons.